The first-order chi connectivity index (χ1) is 8.78. The fourth-order valence-electron chi connectivity index (χ4n) is 2.94. The first-order valence-corrected chi connectivity index (χ1v) is 7.64. The van der Waals surface area contributed by atoms with Crippen LogP contribution in [-0.4, -0.2) is 43.2 Å². The Labute approximate surface area is 124 Å². The summed E-state index contributed by atoms with van der Waals surface area (Å²) in [7, 11) is 0. The van der Waals surface area contributed by atoms with Gasteiger partial charge in [0.25, 0.3) is 5.91 Å². The molecule has 0 aromatic heterocycles. The fraction of sp³-hybridized carbons (Fsp3) is 0.500. The summed E-state index contributed by atoms with van der Waals surface area (Å²) in [6.07, 6.45) is 2.05. The molecule has 1 aromatic rings. The topological polar surface area (TPSA) is 32.3 Å². The summed E-state index contributed by atoms with van der Waals surface area (Å²) in [4.78, 5) is 15.6. The van der Waals surface area contributed by atoms with Gasteiger partial charge in [0, 0.05) is 36.6 Å². The maximum atomic E-state index is 12.4. The van der Waals surface area contributed by atoms with E-state index in [-0.39, 0.29) is 18.3 Å². The van der Waals surface area contributed by atoms with Crippen LogP contribution in [0.4, 0.5) is 0 Å². The van der Waals surface area contributed by atoms with Crippen LogP contribution in [0.1, 0.15) is 10.4 Å². The number of likely N-dealkylation sites (tertiary alicyclic amines) is 1. The van der Waals surface area contributed by atoms with Crippen molar-refractivity contribution in [2.24, 2.45) is 11.8 Å². The number of hydrogen-bond acceptors (Lipinski definition) is 3. The van der Waals surface area contributed by atoms with Gasteiger partial charge >= 0.3 is 0 Å². The van der Waals surface area contributed by atoms with Crippen LogP contribution in [0.5, 0.6) is 0 Å². The number of halogens is 1. The molecule has 2 saturated heterocycles. The Morgan fingerprint density at radius 1 is 1.21 bits per heavy atom. The Kier molecular flexibility index (Phi) is 4.76. The first kappa shape index (κ1) is 14.7. The second kappa shape index (κ2) is 6.16. The molecule has 3 rings (SSSR count). The average molecular weight is 299 g/mol. The Balaban J connectivity index is 0.00000133. The van der Waals surface area contributed by atoms with Crippen LogP contribution in [0.2, 0.25) is 0 Å². The van der Waals surface area contributed by atoms with Gasteiger partial charge in [-0.2, -0.15) is 0 Å². The average Bonchev–Trinajstić information content (AvgIpc) is 2.99. The van der Waals surface area contributed by atoms with E-state index in [9.17, 15) is 4.79 Å². The van der Waals surface area contributed by atoms with E-state index in [2.05, 4.69) is 5.32 Å². The highest BCUT2D eigenvalue weighted by Gasteiger charge is 2.38. The molecule has 0 spiro atoms. The van der Waals surface area contributed by atoms with Crippen molar-refractivity contribution in [2.45, 2.75) is 4.90 Å². The summed E-state index contributed by atoms with van der Waals surface area (Å²) in [6.45, 7) is 3.97. The lowest BCUT2D eigenvalue weighted by Crippen LogP contribution is -2.31. The minimum Gasteiger partial charge on any atom is -0.338 e. The van der Waals surface area contributed by atoms with E-state index in [0.717, 1.165) is 31.7 Å². The van der Waals surface area contributed by atoms with Crippen molar-refractivity contribution in [1.29, 1.82) is 0 Å². The van der Waals surface area contributed by atoms with Crippen LogP contribution in [0, 0.1) is 11.8 Å². The van der Waals surface area contributed by atoms with Crippen LogP contribution >= 0.6 is 24.2 Å². The molecule has 0 aliphatic carbocycles. The number of thioether (sulfide) groups is 1. The molecule has 0 saturated carbocycles. The van der Waals surface area contributed by atoms with E-state index in [0.29, 0.717) is 11.8 Å². The molecule has 1 N–H and O–H groups in total. The smallest absolute Gasteiger partial charge is 0.253 e. The van der Waals surface area contributed by atoms with E-state index < -0.39 is 0 Å². The number of carbonyl (C=O) groups is 1. The number of nitrogens with zero attached hydrogens (tertiary/aromatic N) is 1. The van der Waals surface area contributed by atoms with Crippen LogP contribution in [0.15, 0.2) is 29.2 Å². The third-order valence-corrected chi connectivity index (χ3v) is 4.76. The van der Waals surface area contributed by atoms with Gasteiger partial charge in [0.05, 0.1) is 0 Å². The molecule has 1 aromatic carbocycles. The molecule has 104 valence electrons. The Bertz CT molecular complexity index is 439. The maximum absolute atomic E-state index is 12.4. The second-order valence-electron chi connectivity index (χ2n) is 5.12. The predicted octanol–water partition coefficient (Wildman–Crippen LogP) is 2.12. The van der Waals surface area contributed by atoms with Gasteiger partial charge in [0.15, 0.2) is 0 Å². The van der Waals surface area contributed by atoms with Crippen molar-refractivity contribution < 1.29 is 4.79 Å². The van der Waals surface area contributed by atoms with E-state index in [1.165, 1.54) is 4.90 Å². The van der Waals surface area contributed by atoms with E-state index >= 15 is 0 Å². The lowest BCUT2D eigenvalue weighted by atomic mass is 10.0. The second-order valence-corrected chi connectivity index (χ2v) is 6.00. The van der Waals surface area contributed by atoms with Crippen molar-refractivity contribution in [1.82, 2.24) is 10.2 Å². The highest BCUT2D eigenvalue weighted by atomic mass is 35.5. The molecule has 0 radical (unpaired) electrons. The summed E-state index contributed by atoms with van der Waals surface area (Å²) in [5, 5.41) is 3.40. The lowest BCUT2D eigenvalue weighted by Gasteiger charge is -2.17. The molecule has 2 atom stereocenters. The van der Waals surface area contributed by atoms with E-state index in [4.69, 9.17) is 0 Å². The van der Waals surface area contributed by atoms with Gasteiger partial charge in [-0.15, -0.1) is 24.2 Å². The van der Waals surface area contributed by atoms with Crippen LogP contribution < -0.4 is 5.32 Å². The quantitative estimate of drug-likeness (QED) is 0.849. The van der Waals surface area contributed by atoms with Gasteiger partial charge in [0.1, 0.15) is 0 Å². The molecule has 19 heavy (non-hydrogen) atoms. The summed E-state index contributed by atoms with van der Waals surface area (Å²) in [5.74, 6) is 1.52. The fourth-order valence-corrected chi connectivity index (χ4v) is 3.35. The highest BCUT2D eigenvalue weighted by Crippen LogP contribution is 2.27. The number of amides is 1. The molecule has 2 aliphatic rings. The van der Waals surface area contributed by atoms with Gasteiger partial charge in [-0.3, -0.25) is 4.79 Å². The van der Waals surface area contributed by atoms with Crippen LogP contribution in [0.25, 0.3) is 0 Å². The van der Waals surface area contributed by atoms with E-state index in [1.807, 2.05) is 35.4 Å². The SMILES string of the molecule is CSc1ccc(C(=O)N2C[C@H]3CNC[C@H]3C2)cc1.Cl. The molecule has 1 amide bonds. The van der Waals surface area contributed by atoms with Crippen molar-refractivity contribution in [3.63, 3.8) is 0 Å². The highest BCUT2D eigenvalue weighted by molar-refractivity contribution is 7.98. The zero-order chi connectivity index (χ0) is 12.5. The standard InChI is InChI=1S/C14H18N2OS.ClH/c1-18-13-4-2-10(3-5-13)14(17)16-8-11-6-15-7-12(11)9-16;/h2-5,11-12,15H,6-9H2,1H3;1H/t11-,12+;. The van der Waals surface area contributed by atoms with Gasteiger partial charge in [-0.25, -0.2) is 0 Å². The van der Waals surface area contributed by atoms with Crippen molar-refractivity contribution in [3.05, 3.63) is 29.8 Å². The number of hydrogen-bond donors (Lipinski definition) is 1. The molecule has 5 heteroatoms. The summed E-state index contributed by atoms with van der Waals surface area (Å²) >= 11 is 1.70. The zero-order valence-electron chi connectivity index (χ0n) is 11.0. The molecule has 2 fully saturated rings. The molecular weight excluding hydrogens is 280 g/mol. The van der Waals surface area contributed by atoms with Crippen LogP contribution in [0.3, 0.4) is 0 Å². The van der Waals surface area contributed by atoms with Gasteiger partial charge in [-0.1, -0.05) is 0 Å². The zero-order valence-corrected chi connectivity index (χ0v) is 12.6. The van der Waals surface area contributed by atoms with Gasteiger partial charge in [-0.05, 0) is 42.4 Å². The molecule has 3 nitrogen and oxygen atoms in total. The third kappa shape index (κ3) is 2.91. The predicted molar refractivity (Wildman–Crippen MR) is 81.2 cm³/mol. The first-order valence-electron chi connectivity index (χ1n) is 6.42. The normalized spacial score (nSPS) is 25.0. The Morgan fingerprint density at radius 2 is 1.79 bits per heavy atom. The van der Waals surface area contributed by atoms with Crippen molar-refractivity contribution in [3.8, 4) is 0 Å². The lowest BCUT2D eigenvalue weighted by molar-refractivity contribution is 0.0781. The Morgan fingerprint density at radius 3 is 2.32 bits per heavy atom. The minimum atomic E-state index is 0. The van der Waals surface area contributed by atoms with Gasteiger partial charge in [0.2, 0.25) is 0 Å². The number of nitrogens with one attached hydrogen (secondary N) is 1. The number of fused-ring (bicyclic) bond motifs is 1. The number of rotatable bonds is 2. The summed E-state index contributed by atoms with van der Waals surface area (Å²) in [6, 6.07) is 7.94. The third-order valence-electron chi connectivity index (χ3n) is 4.01. The van der Waals surface area contributed by atoms with E-state index in [1.54, 1.807) is 11.8 Å². The molecule has 2 aliphatic heterocycles. The number of benzene rings is 1. The summed E-state index contributed by atoms with van der Waals surface area (Å²) < 4.78 is 0. The largest absolute Gasteiger partial charge is 0.338 e. The molecule has 2 heterocycles. The van der Waals surface area contributed by atoms with Crippen molar-refractivity contribution in [2.75, 3.05) is 32.4 Å². The Hall–Kier alpha value is -0.710. The molecule has 0 unspecified atom stereocenters. The number of carbonyl (C=O) groups excluding carboxylic acids is 1. The van der Waals surface area contributed by atoms with Crippen LogP contribution in [-0.2, 0) is 0 Å². The monoisotopic (exact) mass is 298 g/mol. The minimum absolute atomic E-state index is 0. The van der Waals surface area contributed by atoms with Gasteiger partial charge < -0.3 is 10.2 Å². The maximum Gasteiger partial charge on any atom is 0.253 e. The summed E-state index contributed by atoms with van der Waals surface area (Å²) in [5.41, 5.74) is 0.820. The van der Waals surface area contributed by atoms with Crippen molar-refractivity contribution >= 4 is 30.1 Å². The molecular formula is C14H19ClN2OS. The molecule has 0 bridgehead atoms.